The van der Waals surface area contributed by atoms with Gasteiger partial charge in [0.15, 0.2) is 6.54 Å². The van der Waals surface area contributed by atoms with Crippen LogP contribution in [0.1, 0.15) is 41.3 Å². The number of hydrogen-bond donors (Lipinski definition) is 3. The van der Waals surface area contributed by atoms with E-state index < -0.39 is 0 Å². The highest BCUT2D eigenvalue weighted by Crippen LogP contribution is 2.14. The third-order valence-corrected chi connectivity index (χ3v) is 6.00. The number of carbonyl (C=O) groups is 2. The summed E-state index contributed by atoms with van der Waals surface area (Å²) in [6.45, 7) is 10.1. The fourth-order valence-electron chi connectivity index (χ4n) is 4.01. The van der Waals surface area contributed by atoms with Crippen molar-refractivity contribution in [2.75, 3.05) is 52.1 Å². The molecule has 3 rings (SSSR count). The van der Waals surface area contributed by atoms with Crippen molar-refractivity contribution in [1.82, 2.24) is 4.90 Å². The molecule has 0 spiro atoms. The summed E-state index contributed by atoms with van der Waals surface area (Å²) in [4.78, 5) is 28.9. The molecule has 1 saturated heterocycles. The van der Waals surface area contributed by atoms with Gasteiger partial charge in [-0.1, -0.05) is 38.1 Å². The SMILES string of the molecule is CC(C)c1ccc(C[NH+]2CC[NH+](CC(=O)Nc3ccc(C(=O)N(C)C)cc3)CC2)cc1. The Balaban J connectivity index is 1.42. The summed E-state index contributed by atoms with van der Waals surface area (Å²) in [5, 5.41) is 2.96. The average molecular weight is 425 g/mol. The van der Waals surface area contributed by atoms with Gasteiger partial charge in [0.25, 0.3) is 11.8 Å². The van der Waals surface area contributed by atoms with E-state index in [0.717, 1.165) is 38.4 Å². The number of hydrogen-bond acceptors (Lipinski definition) is 2. The Labute approximate surface area is 185 Å². The molecule has 0 atom stereocenters. The lowest BCUT2D eigenvalue weighted by atomic mass is 10.0. The molecule has 1 aliphatic rings. The molecule has 0 unspecified atom stereocenters. The van der Waals surface area contributed by atoms with Gasteiger partial charge in [-0.3, -0.25) is 9.59 Å². The first-order valence-electron chi connectivity index (χ1n) is 11.2. The first-order valence-corrected chi connectivity index (χ1v) is 11.2. The van der Waals surface area contributed by atoms with Gasteiger partial charge in [-0.05, 0) is 35.7 Å². The molecule has 2 aromatic carbocycles. The van der Waals surface area contributed by atoms with Gasteiger partial charge >= 0.3 is 0 Å². The summed E-state index contributed by atoms with van der Waals surface area (Å²) < 4.78 is 0. The highest BCUT2D eigenvalue weighted by molar-refractivity contribution is 5.95. The Morgan fingerprint density at radius 1 is 0.903 bits per heavy atom. The van der Waals surface area contributed by atoms with Crippen LogP contribution in [0.2, 0.25) is 0 Å². The molecule has 0 radical (unpaired) electrons. The Bertz CT molecular complexity index is 867. The van der Waals surface area contributed by atoms with E-state index in [9.17, 15) is 9.59 Å². The molecule has 31 heavy (non-hydrogen) atoms. The second-order valence-electron chi connectivity index (χ2n) is 9.07. The monoisotopic (exact) mass is 424 g/mol. The quantitative estimate of drug-likeness (QED) is 0.604. The highest BCUT2D eigenvalue weighted by Gasteiger charge is 2.25. The number of benzene rings is 2. The summed E-state index contributed by atoms with van der Waals surface area (Å²) in [5.74, 6) is 0.547. The molecule has 166 valence electrons. The molecule has 2 aromatic rings. The number of carbonyl (C=O) groups excluding carboxylic acids is 2. The Morgan fingerprint density at radius 2 is 1.48 bits per heavy atom. The van der Waals surface area contributed by atoms with Crippen molar-refractivity contribution in [3.05, 3.63) is 65.2 Å². The van der Waals surface area contributed by atoms with Crippen LogP contribution >= 0.6 is 0 Å². The first-order chi connectivity index (χ1) is 14.8. The number of nitrogens with one attached hydrogen (secondary N) is 3. The van der Waals surface area contributed by atoms with E-state index in [1.54, 1.807) is 48.2 Å². The lowest BCUT2D eigenvalue weighted by molar-refractivity contribution is -1.02. The van der Waals surface area contributed by atoms with Crippen LogP contribution in [0.15, 0.2) is 48.5 Å². The molecule has 2 amide bonds. The summed E-state index contributed by atoms with van der Waals surface area (Å²) in [6.07, 6.45) is 0. The van der Waals surface area contributed by atoms with Crippen molar-refractivity contribution >= 4 is 17.5 Å². The maximum atomic E-state index is 12.5. The minimum Gasteiger partial charge on any atom is -0.345 e. The summed E-state index contributed by atoms with van der Waals surface area (Å²) >= 11 is 0. The van der Waals surface area contributed by atoms with Crippen molar-refractivity contribution in [3.63, 3.8) is 0 Å². The minimum absolute atomic E-state index is 0.0226. The van der Waals surface area contributed by atoms with E-state index in [1.807, 2.05) is 0 Å². The van der Waals surface area contributed by atoms with Crippen LogP contribution in [0.5, 0.6) is 0 Å². The normalized spacial score (nSPS) is 18.6. The van der Waals surface area contributed by atoms with Crippen molar-refractivity contribution in [1.29, 1.82) is 0 Å². The van der Waals surface area contributed by atoms with Crippen molar-refractivity contribution in [2.24, 2.45) is 0 Å². The summed E-state index contributed by atoms with van der Waals surface area (Å²) in [5.41, 5.74) is 4.12. The van der Waals surface area contributed by atoms with Gasteiger partial charge in [0, 0.05) is 30.9 Å². The minimum atomic E-state index is -0.0430. The van der Waals surface area contributed by atoms with Crippen LogP contribution in [0.25, 0.3) is 0 Å². The largest absolute Gasteiger partial charge is 0.345 e. The van der Waals surface area contributed by atoms with Crippen LogP contribution in [-0.4, -0.2) is 63.5 Å². The predicted molar refractivity (Wildman–Crippen MR) is 124 cm³/mol. The van der Waals surface area contributed by atoms with Gasteiger partial charge in [0.2, 0.25) is 0 Å². The number of anilines is 1. The molecule has 0 saturated carbocycles. The van der Waals surface area contributed by atoms with Gasteiger partial charge in [-0.25, -0.2) is 0 Å². The molecule has 0 bridgehead atoms. The number of piperazine rings is 1. The maximum absolute atomic E-state index is 12.5. The zero-order chi connectivity index (χ0) is 22.4. The Kier molecular flexibility index (Phi) is 7.82. The van der Waals surface area contributed by atoms with Crippen LogP contribution in [0.4, 0.5) is 5.69 Å². The Morgan fingerprint density at radius 3 is 2.03 bits per heavy atom. The first kappa shape index (κ1) is 23.0. The average Bonchev–Trinajstić information content (AvgIpc) is 2.75. The summed E-state index contributed by atoms with van der Waals surface area (Å²) in [7, 11) is 3.45. The van der Waals surface area contributed by atoms with Gasteiger partial charge in [0.05, 0.1) is 0 Å². The predicted octanol–water partition coefficient (Wildman–Crippen LogP) is 0.434. The molecular weight excluding hydrogens is 388 g/mol. The molecule has 1 heterocycles. The molecule has 6 nitrogen and oxygen atoms in total. The van der Waals surface area contributed by atoms with E-state index in [0.29, 0.717) is 18.0 Å². The second kappa shape index (κ2) is 10.6. The smallest absolute Gasteiger partial charge is 0.279 e. The lowest BCUT2D eigenvalue weighted by Crippen LogP contribution is -3.28. The molecule has 1 aliphatic heterocycles. The van der Waals surface area contributed by atoms with Gasteiger partial charge in [-0.2, -0.15) is 0 Å². The zero-order valence-corrected chi connectivity index (χ0v) is 19.2. The molecule has 6 heteroatoms. The Hall–Kier alpha value is -2.70. The number of amides is 2. The van der Waals surface area contributed by atoms with Gasteiger partial charge in [0.1, 0.15) is 32.7 Å². The topological polar surface area (TPSA) is 58.3 Å². The van der Waals surface area contributed by atoms with E-state index >= 15 is 0 Å². The van der Waals surface area contributed by atoms with E-state index in [4.69, 9.17) is 0 Å². The lowest BCUT2D eigenvalue weighted by Gasteiger charge is -2.29. The van der Waals surface area contributed by atoms with E-state index in [1.165, 1.54) is 16.0 Å². The molecular formula is C25H36N4O2+2. The zero-order valence-electron chi connectivity index (χ0n) is 19.2. The van der Waals surface area contributed by atoms with Gasteiger partial charge in [-0.15, -0.1) is 0 Å². The number of rotatable bonds is 7. The standard InChI is InChI=1S/C25H34N4O2/c1-19(2)21-7-5-20(6-8-21)17-28-13-15-29(16-14-28)18-24(30)26-23-11-9-22(10-12-23)25(31)27(3)4/h5-12,19H,13-18H2,1-4H3,(H,26,30)/p+2. The van der Waals surface area contributed by atoms with Gasteiger partial charge < -0.3 is 20.0 Å². The van der Waals surface area contributed by atoms with Crippen LogP contribution in [-0.2, 0) is 11.3 Å². The van der Waals surface area contributed by atoms with Crippen LogP contribution in [0, 0.1) is 0 Å². The van der Waals surface area contributed by atoms with E-state index in [-0.39, 0.29) is 11.8 Å². The number of quaternary nitrogens is 2. The third kappa shape index (κ3) is 6.64. The third-order valence-electron chi connectivity index (χ3n) is 6.00. The fraction of sp³-hybridized carbons (Fsp3) is 0.440. The highest BCUT2D eigenvalue weighted by atomic mass is 16.2. The van der Waals surface area contributed by atoms with Crippen LogP contribution in [0.3, 0.4) is 0 Å². The second-order valence-corrected chi connectivity index (χ2v) is 9.07. The van der Waals surface area contributed by atoms with Crippen molar-refractivity contribution < 1.29 is 19.4 Å². The maximum Gasteiger partial charge on any atom is 0.279 e. The van der Waals surface area contributed by atoms with Crippen molar-refractivity contribution in [2.45, 2.75) is 26.3 Å². The van der Waals surface area contributed by atoms with E-state index in [2.05, 4.69) is 43.4 Å². The number of nitrogens with zero attached hydrogens (tertiary/aromatic N) is 1. The molecule has 1 fully saturated rings. The molecule has 0 aliphatic carbocycles. The fourth-order valence-corrected chi connectivity index (χ4v) is 4.01. The summed E-state index contributed by atoms with van der Waals surface area (Å²) in [6, 6.07) is 16.1. The molecule has 3 N–H and O–H groups in total. The molecule has 0 aromatic heterocycles. The van der Waals surface area contributed by atoms with Crippen LogP contribution < -0.4 is 15.1 Å². The van der Waals surface area contributed by atoms with Crippen molar-refractivity contribution in [3.8, 4) is 0 Å².